The molecule has 1 saturated heterocycles. The maximum atomic E-state index is 13.5. The molecule has 0 N–H and O–H groups in total. The SMILES string of the molecule is CCCN1CCN(C(=O)c2ccnn2C)CC(Cc2ccccc2-c2ccc(C)cc2)C1=O. The number of hydrogen-bond donors (Lipinski definition) is 0. The molecule has 4 rings (SSSR count). The predicted molar refractivity (Wildman–Crippen MR) is 130 cm³/mol. The van der Waals surface area contributed by atoms with E-state index in [2.05, 4.69) is 55.3 Å². The maximum Gasteiger partial charge on any atom is 0.272 e. The first kappa shape index (κ1) is 22.8. The molecule has 2 amide bonds. The minimum Gasteiger partial charge on any atom is -0.341 e. The molecule has 172 valence electrons. The second kappa shape index (κ2) is 10.0. The third-order valence-electron chi connectivity index (χ3n) is 6.41. The number of aromatic nitrogens is 2. The van der Waals surface area contributed by atoms with Gasteiger partial charge in [-0.2, -0.15) is 5.10 Å². The molecule has 33 heavy (non-hydrogen) atoms. The first-order chi connectivity index (χ1) is 16.0. The third kappa shape index (κ3) is 5.00. The van der Waals surface area contributed by atoms with Gasteiger partial charge in [-0.15, -0.1) is 0 Å². The zero-order valence-corrected chi connectivity index (χ0v) is 19.7. The van der Waals surface area contributed by atoms with E-state index >= 15 is 0 Å². The van der Waals surface area contributed by atoms with Gasteiger partial charge in [0.2, 0.25) is 5.91 Å². The average Bonchev–Trinajstić information content (AvgIpc) is 3.19. The van der Waals surface area contributed by atoms with E-state index in [0.29, 0.717) is 38.3 Å². The summed E-state index contributed by atoms with van der Waals surface area (Å²) >= 11 is 0. The highest BCUT2D eigenvalue weighted by Gasteiger charge is 2.33. The lowest BCUT2D eigenvalue weighted by molar-refractivity contribution is -0.134. The molecule has 1 atom stereocenters. The number of carbonyl (C=O) groups excluding carboxylic acids is 2. The van der Waals surface area contributed by atoms with Crippen molar-refractivity contribution < 1.29 is 9.59 Å². The van der Waals surface area contributed by atoms with Crippen molar-refractivity contribution >= 4 is 11.8 Å². The Bertz CT molecular complexity index is 1120. The summed E-state index contributed by atoms with van der Waals surface area (Å²) in [5.74, 6) is -0.225. The standard InChI is InChI=1S/C27H32N4O2/c1-4-15-30-16-17-31(27(33)25-13-14-28-29(25)3)19-23(26(30)32)18-22-7-5-6-8-24(22)21-11-9-20(2)10-12-21/h5-14,23H,4,15-19H2,1-3H3. The summed E-state index contributed by atoms with van der Waals surface area (Å²) in [6.45, 7) is 6.38. The minimum atomic E-state index is -0.289. The van der Waals surface area contributed by atoms with E-state index < -0.39 is 0 Å². The number of nitrogens with zero attached hydrogens (tertiary/aromatic N) is 4. The molecule has 1 fully saturated rings. The number of rotatable bonds is 6. The minimum absolute atomic E-state index is 0.0713. The van der Waals surface area contributed by atoms with Crippen LogP contribution in [0.2, 0.25) is 0 Å². The molecule has 6 nitrogen and oxygen atoms in total. The van der Waals surface area contributed by atoms with Crippen LogP contribution in [0.1, 0.15) is 35.0 Å². The van der Waals surface area contributed by atoms with Gasteiger partial charge in [-0.1, -0.05) is 61.0 Å². The molecule has 0 spiro atoms. The van der Waals surface area contributed by atoms with E-state index in [-0.39, 0.29) is 17.7 Å². The van der Waals surface area contributed by atoms with Gasteiger partial charge >= 0.3 is 0 Å². The van der Waals surface area contributed by atoms with Crippen LogP contribution in [0.5, 0.6) is 0 Å². The lowest BCUT2D eigenvalue weighted by Gasteiger charge is -2.24. The number of benzene rings is 2. The number of amides is 2. The Morgan fingerprint density at radius 3 is 2.52 bits per heavy atom. The van der Waals surface area contributed by atoms with Crippen molar-refractivity contribution in [3.63, 3.8) is 0 Å². The molecule has 1 unspecified atom stereocenters. The highest BCUT2D eigenvalue weighted by Crippen LogP contribution is 2.28. The smallest absolute Gasteiger partial charge is 0.272 e. The number of hydrogen-bond acceptors (Lipinski definition) is 3. The molecule has 0 saturated carbocycles. The van der Waals surface area contributed by atoms with Crippen LogP contribution >= 0.6 is 0 Å². The molecule has 2 heterocycles. The fourth-order valence-corrected chi connectivity index (χ4v) is 4.60. The summed E-state index contributed by atoms with van der Waals surface area (Å²) in [6.07, 6.45) is 3.13. The van der Waals surface area contributed by atoms with Crippen molar-refractivity contribution in [3.05, 3.63) is 77.6 Å². The van der Waals surface area contributed by atoms with Gasteiger partial charge in [0.25, 0.3) is 5.91 Å². The summed E-state index contributed by atoms with van der Waals surface area (Å²) in [7, 11) is 1.77. The molecule has 0 radical (unpaired) electrons. The topological polar surface area (TPSA) is 58.4 Å². The van der Waals surface area contributed by atoms with Crippen LogP contribution in [-0.2, 0) is 18.3 Å². The van der Waals surface area contributed by atoms with Crippen molar-refractivity contribution in [1.82, 2.24) is 19.6 Å². The van der Waals surface area contributed by atoms with E-state index in [1.54, 1.807) is 24.0 Å². The van der Waals surface area contributed by atoms with Crippen molar-refractivity contribution in [2.45, 2.75) is 26.7 Å². The Labute approximate surface area is 195 Å². The van der Waals surface area contributed by atoms with Crippen molar-refractivity contribution in [2.75, 3.05) is 26.2 Å². The van der Waals surface area contributed by atoms with Crippen LogP contribution in [0, 0.1) is 12.8 Å². The van der Waals surface area contributed by atoms with Crippen molar-refractivity contribution in [3.8, 4) is 11.1 Å². The first-order valence-corrected chi connectivity index (χ1v) is 11.7. The van der Waals surface area contributed by atoms with Gasteiger partial charge in [-0.3, -0.25) is 14.3 Å². The quantitative estimate of drug-likeness (QED) is 0.579. The fourth-order valence-electron chi connectivity index (χ4n) is 4.60. The molecular formula is C27H32N4O2. The lowest BCUT2D eigenvalue weighted by atomic mass is 9.91. The molecule has 1 aliphatic heterocycles. The Morgan fingerprint density at radius 1 is 1.06 bits per heavy atom. The maximum absolute atomic E-state index is 13.5. The predicted octanol–water partition coefficient (Wildman–Crippen LogP) is 3.95. The van der Waals surface area contributed by atoms with E-state index in [9.17, 15) is 9.59 Å². The summed E-state index contributed by atoms with van der Waals surface area (Å²) in [4.78, 5) is 30.5. The molecule has 3 aromatic rings. The summed E-state index contributed by atoms with van der Waals surface area (Å²) in [6, 6.07) is 18.5. The largest absolute Gasteiger partial charge is 0.341 e. The second-order valence-electron chi connectivity index (χ2n) is 8.84. The lowest BCUT2D eigenvalue weighted by Crippen LogP contribution is -2.38. The molecule has 6 heteroatoms. The Kier molecular flexibility index (Phi) is 6.92. The first-order valence-electron chi connectivity index (χ1n) is 11.7. The summed E-state index contributed by atoms with van der Waals surface area (Å²) < 4.78 is 1.60. The van der Waals surface area contributed by atoms with Crippen molar-refractivity contribution in [2.24, 2.45) is 13.0 Å². The summed E-state index contributed by atoms with van der Waals surface area (Å²) in [5, 5.41) is 4.15. The second-order valence-corrected chi connectivity index (χ2v) is 8.84. The molecular weight excluding hydrogens is 412 g/mol. The molecule has 0 bridgehead atoms. The Balaban J connectivity index is 1.64. The zero-order valence-electron chi connectivity index (χ0n) is 19.7. The van der Waals surface area contributed by atoms with Gasteiger partial charge in [0, 0.05) is 39.4 Å². The number of carbonyl (C=O) groups is 2. The van der Waals surface area contributed by atoms with Crippen LogP contribution in [0.15, 0.2) is 60.8 Å². The van der Waals surface area contributed by atoms with Gasteiger partial charge in [0.15, 0.2) is 0 Å². The van der Waals surface area contributed by atoms with Gasteiger partial charge in [0.05, 0.1) is 5.92 Å². The van der Waals surface area contributed by atoms with E-state index in [4.69, 9.17) is 0 Å². The van der Waals surface area contributed by atoms with E-state index in [1.165, 1.54) is 5.56 Å². The van der Waals surface area contributed by atoms with Crippen LogP contribution in [0.25, 0.3) is 11.1 Å². The summed E-state index contributed by atoms with van der Waals surface area (Å²) in [5.41, 5.74) is 5.18. The average molecular weight is 445 g/mol. The molecule has 2 aromatic carbocycles. The van der Waals surface area contributed by atoms with Crippen molar-refractivity contribution in [1.29, 1.82) is 0 Å². The van der Waals surface area contributed by atoms with Gasteiger partial charge in [-0.05, 0) is 42.5 Å². The highest BCUT2D eigenvalue weighted by atomic mass is 16.2. The number of aryl methyl sites for hydroxylation is 2. The highest BCUT2D eigenvalue weighted by molar-refractivity contribution is 5.93. The van der Waals surface area contributed by atoms with E-state index in [1.807, 2.05) is 21.9 Å². The van der Waals surface area contributed by atoms with Gasteiger partial charge in [0.1, 0.15) is 5.69 Å². The molecule has 1 aliphatic rings. The Hall–Kier alpha value is -3.41. The van der Waals surface area contributed by atoms with E-state index in [0.717, 1.165) is 23.1 Å². The van der Waals surface area contributed by atoms with Gasteiger partial charge in [-0.25, -0.2) is 0 Å². The molecule has 1 aromatic heterocycles. The third-order valence-corrected chi connectivity index (χ3v) is 6.41. The van der Waals surface area contributed by atoms with Crippen LogP contribution in [-0.4, -0.2) is 57.6 Å². The Morgan fingerprint density at radius 2 is 1.82 bits per heavy atom. The molecule has 0 aliphatic carbocycles. The van der Waals surface area contributed by atoms with Crippen LogP contribution < -0.4 is 0 Å². The van der Waals surface area contributed by atoms with Crippen LogP contribution in [0.3, 0.4) is 0 Å². The normalized spacial score (nSPS) is 16.7. The van der Waals surface area contributed by atoms with Gasteiger partial charge < -0.3 is 9.80 Å². The fraction of sp³-hybridized carbons (Fsp3) is 0.370. The monoisotopic (exact) mass is 444 g/mol. The van der Waals surface area contributed by atoms with Crippen LogP contribution in [0.4, 0.5) is 0 Å². The zero-order chi connectivity index (χ0) is 23.4.